The molecule has 156 valence electrons. The van der Waals surface area contributed by atoms with Gasteiger partial charge in [0.05, 0.1) is 12.3 Å². The van der Waals surface area contributed by atoms with Gasteiger partial charge in [-0.15, -0.1) is 11.8 Å². The Morgan fingerprint density at radius 1 is 1.10 bits per heavy atom. The van der Waals surface area contributed by atoms with E-state index in [9.17, 15) is 18.8 Å². The number of hydrogen-bond acceptors (Lipinski definition) is 5. The summed E-state index contributed by atoms with van der Waals surface area (Å²) in [7, 11) is 1.33. The van der Waals surface area contributed by atoms with Crippen LogP contribution in [0.3, 0.4) is 0 Å². The number of Topliss-reactive ketones (excluding diaryl/α,β-unsaturated/α-hetero) is 1. The van der Waals surface area contributed by atoms with E-state index in [1.807, 2.05) is 37.3 Å². The molecule has 1 unspecified atom stereocenters. The molecule has 0 bridgehead atoms. The van der Waals surface area contributed by atoms with Crippen LogP contribution in [0.15, 0.2) is 64.2 Å². The SMILES string of the molecule is CC(SCC(=O)c1c(N)n(Cc2ccccc2)c(=O)n(C)c1=O)c1ccc(F)cc1. The first-order valence-corrected chi connectivity index (χ1v) is 10.4. The summed E-state index contributed by atoms with van der Waals surface area (Å²) in [5.41, 5.74) is 6.33. The van der Waals surface area contributed by atoms with E-state index < -0.39 is 17.0 Å². The van der Waals surface area contributed by atoms with E-state index in [0.29, 0.717) is 0 Å². The van der Waals surface area contributed by atoms with Gasteiger partial charge in [-0.3, -0.25) is 18.7 Å². The third-order valence-electron chi connectivity index (χ3n) is 4.85. The fourth-order valence-corrected chi connectivity index (χ4v) is 3.96. The number of thioether (sulfide) groups is 1. The van der Waals surface area contributed by atoms with Crippen LogP contribution in [0.2, 0.25) is 0 Å². The van der Waals surface area contributed by atoms with E-state index in [0.717, 1.165) is 15.7 Å². The van der Waals surface area contributed by atoms with E-state index in [2.05, 4.69) is 0 Å². The number of rotatable bonds is 7. The number of nitrogens with two attached hydrogens (primary N) is 1. The maximum atomic E-state index is 13.1. The van der Waals surface area contributed by atoms with Gasteiger partial charge in [-0.25, -0.2) is 9.18 Å². The quantitative estimate of drug-likeness (QED) is 0.586. The van der Waals surface area contributed by atoms with Crippen molar-refractivity contribution in [1.82, 2.24) is 9.13 Å². The molecular formula is C22H22FN3O3S. The van der Waals surface area contributed by atoms with Crippen molar-refractivity contribution in [2.24, 2.45) is 7.05 Å². The van der Waals surface area contributed by atoms with Crippen LogP contribution in [0.4, 0.5) is 10.2 Å². The summed E-state index contributed by atoms with van der Waals surface area (Å²) in [4.78, 5) is 38.0. The number of ketones is 1. The van der Waals surface area contributed by atoms with E-state index in [1.54, 1.807) is 12.1 Å². The van der Waals surface area contributed by atoms with Crippen molar-refractivity contribution in [2.45, 2.75) is 18.7 Å². The number of aromatic nitrogens is 2. The van der Waals surface area contributed by atoms with Gasteiger partial charge in [0.25, 0.3) is 5.56 Å². The molecule has 0 saturated carbocycles. The minimum absolute atomic E-state index is 0.00151. The molecule has 6 nitrogen and oxygen atoms in total. The highest BCUT2D eigenvalue weighted by Crippen LogP contribution is 2.28. The van der Waals surface area contributed by atoms with Crippen molar-refractivity contribution >= 4 is 23.4 Å². The largest absolute Gasteiger partial charge is 0.384 e. The van der Waals surface area contributed by atoms with Crippen molar-refractivity contribution in [3.63, 3.8) is 0 Å². The zero-order chi connectivity index (χ0) is 21.8. The molecule has 8 heteroatoms. The van der Waals surface area contributed by atoms with Crippen molar-refractivity contribution in [2.75, 3.05) is 11.5 Å². The molecule has 0 saturated heterocycles. The molecule has 0 aliphatic carbocycles. The molecule has 0 fully saturated rings. The zero-order valence-corrected chi connectivity index (χ0v) is 17.5. The fraction of sp³-hybridized carbons (Fsp3) is 0.227. The van der Waals surface area contributed by atoms with Gasteiger partial charge in [-0.05, 0) is 30.2 Å². The summed E-state index contributed by atoms with van der Waals surface area (Å²) in [5.74, 6) is -0.911. The molecule has 2 N–H and O–H groups in total. The van der Waals surface area contributed by atoms with Crippen LogP contribution in [0.1, 0.15) is 33.7 Å². The third-order valence-corrected chi connectivity index (χ3v) is 6.05. The predicted octanol–water partition coefficient (Wildman–Crippen LogP) is 2.99. The maximum absolute atomic E-state index is 13.1. The Labute approximate surface area is 177 Å². The predicted molar refractivity (Wildman–Crippen MR) is 118 cm³/mol. The second-order valence-electron chi connectivity index (χ2n) is 6.91. The summed E-state index contributed by atoms with van der Waals surface area (Å²) in [6.45, 7) is 2.04. The van der Waals surface area contributed by atoms with Crippen molar-refractivity contribution in [3.05, 3.63) is 97.9 Å². The normalized spacial score (nSPS) is 12.0. The summed E-state index contributed by atoms with van der Waals surface area (Å²) < 4.78 is 15.2. The van der Waals surface area contributed by atoms with Crippen LogP contribution in [-0.2, 0) is 13.6 Å². The molecule has 1 aromatic heterocycles. The standard InChI is InChI=1S/C22H22FN3O3S/c1-14(16-8-10-17(23)11-9-16)30-13-18(27)19-20(24)26(22(29)25(2)21(19)28)12-15-6-4-3-5-7-15/h3-11,14H,12-13,24H2,1-2H3. The lowest BCUT2D eigenvalue weighted by atomic mass is 10.2. The van der Waals surface area contributed by atoms with Gasteiger partial charge < -0.3 is 5.73 Å². The Hall–Kier alpha value is -3.13. The van der Waals surface area contributed by atoms with Gasteiger partial charge >= 0.3 is 5.69 Å². The summed E-state index contributed by atoms with van der Waals surface area (Å²) in [5, 5.41) is -0.0881. The third kappa shape index (κ3) is 4.54. The Balaban J connectivity index is 1.87. The van der Waals surface area contributed by atoms with Gasteiger partial charge in [0, 0.05) is 12.3 Å². The average Bonchev–Trinajstić information content (AvgIpc) is 2.75. The minimum atomic E-state index is -0.707. The molecule has 0 aliphatic rings. The average molecular weight is 428 g/mol. The molecule has 2 aromatic carbocycles. The highest BCUT2D eigenvalue weighted by atomic mass is 32.2. The first-order chi connectivity index (χ1) is 14.3. The van der Waals surface area contributed by atoms with Crippen LogP contribution in [-0.4, -0.2) is 20.7 Å². The van der Waals surface area contributed by atoms with Gasteiger partial charge in [-0.2, -0.15) is 0 Å². The van der Waals surface area contributed by atoms with Gasteiger partial charge in [0.15, 0.2) is 5.78 Å². The van der Waals surface area contributed by atoms with Crippen molar-refractivity contribution in [1.29, 1.82) is 0 Å². The van der Waals surface area contributed by atoms with Crippen molar-refractivity contribution < 1.29 is 9.18 Å². The topological polar surface area (TPSA) is 87.1 Å². The molecule has 3 aromatic rings. The lowest BCUT2D eigenvalue weighted by Crippen LogP contribution is -2.43. The molecule has 0 amide bonds. The van der Waals surface area contributed by atoms with Gasteiger partial charge in [0.2, 0.25) is 0 Å². The molecule has 3 rings (SSSR count). The summed E-state index contributed by atoms with van der Waals surface area (Å²) >= 11 is 1.31. The Kier molecular flexibility index (Phi) is 6.56. The lowest BCUT2D eigenvalue weighted by Gasteiger charge is -2.15. The highest BCUT2D eigenvalue weighted by molar-refractivity contribution is 8.00. The molecule has 30 heavy (non-hydrogen) atoms. The van der Waals surface area contributed by atoms with E-state index in [4.69, 9.17) is 5.73 Å². The van der Waals surface area contributed by atoms with Crippen LogP contribution in [0.25, 0.3) is 0 Å². The highest BCUT2D eigenvalue weighted by Gasteiger charge is 2.22. The first kappa shape index (κ1) is 21.6. The maximum Gasteiger partial charge on any atom is 0.332 e. The van der Waals surface area contributed by atoms with E-state index in [1.165, 1.54) is 35.5 Å². The van der Waals surface area contributed by atoms with Crippen LogP contribution >= 0.6 is 11.8 Å². The number of anilines is 1. The fourth-order valence-electron chi connectivity index (χ4n) is 3.07. The zero-order valence-electron chi connectivity index (χ0n) is 16.7. The van der Waals surface area contributed by atoms with Crippen LogP contribution < -0.4 is 17.0 Å². The second kappa shape index (κ2) is 9.13. The molecule has 0 aliphatic heterocycles. The Morgan fingerprint density at radius 2 is 1.73 bits per heavy atom. The second-order valence-corrected chi connectivity index (χ2v) is 8.24. The van der Waals surface area contributed by atoms with E-state index >= 15 is 0 Å². The van der Waals surface area contributed by atoms with Gasteiger partial charge in [0.1, 0.15) is 17.2 Å². The first-order valence-electron chi connectivity index (χ1n) is 9.33. The number of nitrogens with zero attached hydrogens (tertiary/aromatic N) is 2. The van der Waals surface area contributed by atoms with E-state index in [-0.39, 0.29) is 34.7 Å². The molecular weight excluding hydrogens is 405 g/mol. The summed E-state index contributed by atoms with van der Waals surface area (Å²) in [6.07, 6.45) is 0. The minimum Gasteiger partial charge on any atom is -0.384 e. The Bertz CT molecular complexity index is 1170. The van der Waals surface area contributed by atoms with Gasteiger partial charge in [-0.1, -0.05) is 42.5 Å². The molecule has 0 spiro atoms. The van der Waals surface area contributed by atoms with Crippen LogP contribution in [0, 0.1) is 5.82 Å². The lowest BCUT2D eigenvalue weighted by molar-refractivity contribution is 0.102. The molecule has 0 radical (unpaired) electrons. The Morgan fingerprint density at radius 3 is 2.37 bits per heavy atom. The van der Waals surface area contributed by atoms with Crippen LogP contribution in [0.5, 0.6) is 0 Å². The number of nitrogen functional groups attached to an aromatic ring is 1. The van der Waals surface area contributed by atoms with Crippen molar-refractivity contribution in [3.8, 4) is 0 Å². The molecule has 1 atom stereocenters. The number of carbonyl (C=O) groups is 1. The number of halogens is 1. The summed E-state index contributed by atoms with van der Waals surface area (Å²) in [6, 6.07) is 15.2. The number of benzene rings is 2. The molecule has 1 heterocycles. The number of hydrogen-bond donors (Lipinski definition) is 1. The number of carbonyl (C=O) groups excluding carboxylic acids is 1. The monoisotopic (exact) mass is 427 g/mol. The smallest absolute Gasteiger partial charge is 0.332 e.